The number of hydrogen-bond acceptors (Lipinski definition) is 4. The van der Waals surface area contributed by atoms with Crippen LogP contribution in [0.5, 0.6) is 0 Å². The third kappa shape index (κ3) is 5.71. The van der Waals surface area contributed by atoms with E-state index in [2.05, 4.69) is 38.8 Å². The predicted molar refractivity (Wildman–Crippen MR) is 107 cm³/mol. The van der Waals surface area contributed by atoms with Gasteiger partial charge in [-0.05, 0) is 29.8 Å². The zero-order chi connectivity index (χ0) is 18.4. The fraction of sp³-hybridized carbons (Fsp3) is 0.368. The lowest BCUT2D eigenvalue weighted by Gasteiger charge is -2.36. The van der Waals surface area contributed by atoms with Crippen molar-refractivity contribution in [2.24, 2.45) is 0 Å². The molecule has 0 radical (unpaired) electrons. The maximum Gasteiger partial charge on any atom is 0.215 e. The molecule has 1 N–H and O–H groups in total. The van der Waals surface area contributed by atoms with E-state index in [1.165, 1.54) is 5.69 Å². The SMILES string of the molecule is O=S(=O)(Cc1cccc(Cl)c1)NCCN1CCN(c2ccccc2)CC1. The molecule has 0 unspecified atom stereocenters. The molecule has 1 aliphatic rings. The zero-order valence-electron chi connectivity index (χ0n) is 14.6. The van der Waals surface area contributed by atoms with Gasteiger partial charge in [-0.15, -0.1) is 0 Å². The molecule has 0 amide bonds. The van der Waals surface area contributed by atoms with E-state index in [0.29, 0.717) is 17.1 Å². The highest BCUT2D eigenvalue weighted by Crippen LogP contribution is 2.15. The van der Waals surface area contributed by atoms with Crippen LogP contribution in [0.25, 0.3) is 0 Å². The molecule has 7 heteroatoms. The van der Waals surface area contributed by atoms with E-state index in [1.54, 1.807) is 24.3 Å². The monoisotopic (exact) mass is 393 g/mol. The van der Waals surface area contributed by atoms with E-state index in [4.69, 9.17) is 11.6 Å². The summed E-state index contributed by atoms with van der Waals surface area (Å²) in [5.41, 5.74) is 1.94. The third-order valence-corrected chi connectivity index (χ3v) is 6.08. The van der Waals surface area contributed by atoms with E-state index in [1.807, 2.05) is 6.07 Å². The number of anilines is 1. The van der Waals surface area contributed by atoms with Crippen LogP contribution in [0.3, 0.4) is 0 Å². The summed E-state index contributed by atoms with van der Waals surface area (Å²) >= 11 is 5.91. The standard InChI is InChI=1S/C19H24ClN3O2S/c20-18-6-4-5-17(15-18)16-26(24,25)21-9-10-22-11-13-23(14-12-22)19-7-2-1-3-8-19/h1-8,15,21H,9-14,16H2. The molecule has 0 saturated carbocycles. The van der Waals surface area contributed by atoms with Gasteiger partial charge in [0.1, 0.15) is 0 Å². The minimum Gasteiger partial charge on any atom is -0.369 e. The quantitative estimate of drug-likeness (QED) is 0.785. The first-order valence-electron chi connectivity index (χ1n) is 8.76. The maximum atomic E-state index is 12.2. The van der Waals surface area contributed by atoms with Gasteiger partial charge in [0.05, 0.1) is 5.75 Å². The molecule has 1 fully saturated rings. The van der Waals surface area contributed by atoms with Crippen LogP contribution in [-0.2, 0) is 15.8 Å². The molecule has 3 rings (SSSR count). The van der Waals surface area contributed by atoms with Crippen molar-refractivity contribution in [1.29, 1.82) is 0 Å². The van der Waals surface area contributed by atoms with Crippen molar-refractivity contribution in [3.05, 3.63) is 65.2 Å². The van der Waals surface area contributed by atoms with Gasteiger partial charge < -0.3 is 4.90 Å². The molecule has 26 heavy (non-hydrogen) atoms. The second-order valence-electron chi connectivity index (χ2n) is 6.45. The largest absolute Gasteiger partial charge is 0.369 e. The molecular formula is C19H24ClN3O2S. The number of piperazine rings is 1. The summed E-state index contributed by atoms with van der Waals surface area (Å²) in [6.45, 7) is 4.93. The Bertz CT molecular complexity index is 807. The van der Waals surface area contributed by atoms with Gasteiger partial charge in [0, 0.05) is 50.0 Å². The minimum atomic E-state index is -3.35. The number of rotatable bonds is 7. The van der Waals surface area contributed by atoms with Crippen molar-refractivity contribution in [3.8, 4) is 0 Å². The lowest BCUT2D eigenvalue weighted by atomic mass is 10.2. The highest BCUT2D eigenvalue weighted by Gasteiger charge is 2.18. The Kier molecular flexibility index (Phi) is 6.53. The van der Waals surface area contributed by atoms with Crippen LogP contribution in [0.1, 0.15) is 5.56 Å². The molecule has 0 bridgehead atoms. The van der Waals surface area contributed by atoms with E-state index in [-0.39, 0.29) is 5.75 Å². The summed E-state index contributed by atoms with van der Waals surface area (Å²) in [7, 11) is -3.35. The van der Waals surface area contributed by atoms with E-state index in [9.17, 15) is 8.42 Å². The predicted octanol–water partition coefficient (Wildman–Crippen LogP) is 2.58. The Morgan fingerprint density at radius 1 is 0.962 bits per heavy atom. The molecule has 5 nitrogen and oxygen atoms in total. The molecule has 0 spiro atoms. The number of nitrogens with zero attached hydrogens (tertiary/aromatic N) is 2. The summed E-state index contributed by atoms with van der Waals surface area (Å²) in [5, 5.41) is 0.550. The summed E-state index contributed by atoms with van der Waals surface area (Å²) in [5.74, 6) is -0.0463. The normalized spacial score (nSPS) is 16.0. The Balaban J connectivity index is 1.41. The summed E-state index contributed by atoms with van der Waals surface area (Å²) in [4.78, 5) is 4.65. The number of para-hydroxylation sites is 1. The summed E-state index contributed by atoms with van der Waals surface area (Å²) in [6.07, 6.45) is 0. The Hall–Kier alpha value is -1.60. The van der Waals surface area contributed by atoms with Crippen LogP contribution in [0.15, 0.2) is 54.6 Å². The van der Waals surface area contributed by atoms with Gasteiger partial charge >= 0.3 is 0 Å². The molecule has 140 valence electrons. The number of sulfonamides is 1. The molecule has 0 atom stereocenters. The molecule has 0 aliphatic carbocycles. The number of benzene rings is 2. The van der Waals surface area contributed by atoms with Crippen LogP contribution in [0, 0.1) is 0 Å². The van der Waals surface area contributed by atoms with Gasteiger partial charge in [-0.1, -0.05) is 41.9 Å². The van der Waals surface area contributed by atoms with Crippen molar-refractivity contribution >= 4 is 27.3 Å². The van der Waals surface area contributed by atoms with E-state index < -0.39 is 10.0 Å². The molecule has 0 aromatic heterocycles. The number of hydrogen-bond donors (Lipinski definition) is 1. The van der Waals surface area contributed by atoms with Gasteiger partial charge in [-0.25, -0.2) is 13.1 Å². The molecule has 2 aromatic rings. The third-order valence-electron chi connectivity index (χ3n) is 4.49. The summed E-state index contributed by atoms with van der Waals surface area (Å²) < 4.78 is 27.1. The average Bonchev–Trinajstić information content (AvgIpc) is 2.62. The Morgan fingerprint density at radius 3 is 2.38 bits per heavy atom. The van der Waals surface area contributed by atoms with Crippen LogP contribution in [0.2, 0.25) is 5.02 Å². The van der Waals surface area contributed by atoms with Crippen molar-refractivity contribution in [1.82, 2.24) is 9.62 Å². The lowest BCUT2D eigenvalue weighted by molar-refractivity contribution is 0.262. The first-order valence-corrected chi connectivity index (χ1v) is 10.8. The van der Waals surface area contributed by atoms with Gasteiger partial charge in [0.25, 0.3) is 0 Å². The van der Waals surface area contributed by atoms with Gasteiger partial charge in [0.2, 0.25) is 10.0 Å². The van der Waals surface area contributed by atoms with Crippen LogP contribution >= 0.6 is 11.6 Å². The first-order chi connectivity index (χ1) is 12.5. The van der Waals surface area contributed by atoms with Crippen LogP contribution < -0.4 is 9.62 Å². The first kappa shape index (κ1) is 19.2. The molecular weight excluding hydrogens is 370 g/mol. The fourth-order valence-corrected chi connectivity index (χ4v) is 4.46. The van der Waals surface area contributed by atoms with Crippen LogP contribution in [-0.4, -0.2) is 52.6 Å². The Labute approximate surface area is 160 Å². The van der Waals surface area contributed by atoms with E-state index >= 15 is 0 Å². The Morgan fingerprint density at radius 2 is 1.69 bits per heavy atom. The summed E-state index contributed by atoms with van der Waals surface area (Å²) in [6, 6.07) is 17.3. The average molecular weight is 394 g/mol. The highest BCUT2D eigenvalue weighted by molar-refractivity contribution is 7.88. The van der Waals surface area contributed by atoms with Crippen molar-refractivity contribution in [2.45, 2.75) is 5.75 Å². The molecule has 1 saturated heterocycles. The molecule has 1 heterocycles. The lowest BCUT2D eigenvalue weighted by Crippen LogP contribution is -2.48. The molecule has 1 aliphatic heterocycles. The van der Waals surface area contributed by atoms with E-state index in [0.717, 1.165) is 32.7 Å². The fourth-order valence-electron chi connectivity index (χ4n) is 3.12. The van der Waals surface area contributed by atoms with Crippen LogP contribution in [0.4, 0.5) is 5.69 Å². The second kappa shape index (κ2) is 8.86. The van der Waals surface area contributed by atoms with Crippen molar-refractivity contribution in [3.63, 3.8) is 0 Å². The topological polar surface area (TPSA) is 52.7 Å². The minimum absolute atomic E-state index is 0.0463. The number of nitrogens with one attached hydrogen (secondary N) is 1. The van der Waals surface area contributed by atoms with Gasteiger partial charge in [-0.3, -0.25) is 4.90 Å². The van der Waals surface area contributed by atoms with Gasteiger partial charge in [-0.2, -0.15) is 0 Å². The number of halogens is 1. The smallest absolute Gasteiger partial charge is 0.215 e. The van der Waals surface area contributed by atoms with Gasteiger partial charge in [0.15, 0.2) is 0 Å². The maximum absolute atomic E-state index is 12.2. The second-order valence-corrected chi connectivity index (χ2v) is 8.69. The van der Waals surface area contributed by atoms with Crippen molar-refractivity contribution < 1.29 is 8.42 Å². The molecule has 2 aromatic carbocycles. The van der Waals surface area contributed by atoms with Crippen molar-refractivity contribution in [2.75, 3.05) is 44.2 Å². The highest BCUT2D eigenvalue weighted by atomic mass is 35.5. The zero-order valence-corrected chi connectivity index (χ0v) is 16.2.